The predicted octanol–water partition coefficient (Wildman–Crippen LogP) is 3.38. The number of carbonyl (C=O) groups excluding carboxylic acids is 2. The number of hydrogen-bond donors (Lipinski definition) is 2. The summed E-state index contributed by atoms with van der Waals surface area (Å²) in [6.45, 7) is 0. The lowest BCUT2D eigenvalue weighted by molar-refractivity contribution is 0.101. The first-order chi connectivity index (χ1) is 11.1. The molecule has 2 aromatic heterocycles. The molecule has 0 saturated heterocycles. The average Bonchev–Trinajstić information content (AvgIpc) is 3.18. The fraction of sp³-hybridized carbons (Fsp3) is 0. The van der Waals surface area contributed by atoms with Crippen LogP contribution in [0.4, 0.5) is 16.1 Å². The van der Waals surface area contributed by atoms with Gasteiger partial charge >= 0.3 is 6.01 Å². The number of oxazole rings is 1. The molecule has 2 N–H and O–H groups in total. The Morgan fingerprint density at radius 2 is 2.00 bits per heavy atom. The molecule has 6 nitrogen and oxygen atoms in total. The van der Waals surface area contributed by atoms with E-state index in [0.29, 0.717) is 10.6 Å². The van der Waals surface area contributed by atoms with E-state index in [4.69, 9.17) is 4.42 Å². The van der Waals surface area contributed by atoms with Crippen LogP contribution in [0, 0.1) is 5.82 Å². The molecule has 0 saturated carbocycles. The zero-order valence-electron chi connectivity index (χ0n) is 11.6. The van der Waals surface area contributed by atoms with Gasteiger partial charge in [0.05, 0.1) is 4.88 Å². The highest BCUT2D eigenvalue weighted by molar-refractivity contribution is 7.12. The maximum absolute atomic E-state index is 13.1. The normalized spacial score (nSPS) is 10.3. The summed E-state index contributed by atoms with van der Waals surface area (Å²) in [5.41, 5.74) is 0.262. The molecule has 0 fully saturated rings. The number of amides is 2. The van der Waals surface area contributed by atoms with Gasteiger partial charge in [-0.1, -0.05) is 12.1 Å². The highest BCUT2D eigenvalue weighted by atomic mass is 32.1. The Bertz CT molecular complexity index is 845. The fourth-order valence-electron chi connectivity index (χ4n) is 1.76. The van der Waals surface area contributed by atoms with Gasteiger partial charge in [0, 0.05) is 5.69 Å². The van der Waals surface area contributed by atoms with Crippen LogP contribution in [0.15, 0.2) is 52.5 Å². The molecule has 0 spiro atoms. The highest BCUT2D eigenvalue weighted by Crippen LogP contribution is 2.15. The summed E-state index contributed by atoms with van der Waals surface area (Å²) in [6.07, 6.45) is 1.11. The number of nitrogens with zero attached hydrogens (tertiary/aromatic N) is 1. The van der Waals surface area contributed by atoms with Crippen molar-refractivity contribution in [2.45, 2.75) is 0 Å². The molecule has 23 heavy (non-hydrogen) atoms. The summed E-state index contributed by atoms with van der Waals surface area (Å²) in [4.78, 5) is 28.2. The van der Waals surface area contributed by atoms with E-state index in [1.807, 2.05) is 0 Å². The molecule has 0 atom stereocenters. The van der Waals surface area contributed by atoms with Crippen LogP contribution in [0.5, 0.6) is 0 Å². The van der Waals surface area contributed by atoms with Gasteiger partial charge in [-0.25, -0.2) is 4.39 Å². The van der Waals surface area contributed by atoms with Crippen molar-refractivity contribution in [3.63, 3.8) is 0 Å². The molecule has 0 aliphatic heterocycles. The van der Waals surface area contributed by atoms with Gasteiger partial charge in [0.15, 0.2) is 5.69 Å². The summed E-state index contributed by atoms with van der Waals surface area (Å²) in [7, 11) is 0. The minimum atomic E-state index is -0.573. The number of rotatable bonds is 4. The Morgan fingerprint density at radius 1 is 1.13 bits per heavy atom. The van der Waals surface area contributed by atoms with Crippen molar-refractivity contribution in [2.24, 2.45) is 0 Å². The maximum Gasteiger partial charge on any atom is 0.302 e. The lowest BCUT2D eigenvalue weighted by Gasteiger charge is -2.02. The molecular formula is C15H10FN3O3S. The minimum absolute atomic E-state index is 0.0317. The molecule has 8 heteroatoms. The van der Waals surface area contributed by atoms with E-state index in [1.165, 1.54) is 29.5 Å². The van der Waals surface area contributed by atoms with Crippen LogP contribution in [0.2, 0.25) is 0 Å². The Labute approximate surface area is 134 Å². The largest absolute Gasteiger partial charge is 0.431 e. The molecule has 3 aromatic rings. The molecule has 0 aliphatic carbocycles. The van der Waals surface area contributed by atoms with Gasteiger partial charge in [-0.15, -0.1) is 11.3 Å². The van der Waals surface area contributed by atoms with Crippen molar-refractivity contribution in [3.05, 3.63) is 64.4 Å². The van der Waals surface area contributed by atoms with Gasteiger partial charge in [-0.05, 0) is 29.6 Å². The first-order valence-corrected chi connectivity index (χ1v) is 7.37. The number of hydrogen-bond acceptors (Lipinski definition) is 5. The molecule has 0 unspecified atom stereocenters. The van der Waals surface area contributed by atoms with E-state index >= 15 is 0 Å². The van der Waals surface area contributed by atoms with E-state index in [9.17, 15) is 14.0 Å². The lowest BCUT2D eigenvalue weighted by atomic mass is 10.3. The summed E-state index contributed by atoms with van der Waals surface area (Å²) in [5.74, 6) is -1.42. The Balaban J connectivity index is 1.66. The third kappa shape index (κ3) is 3.61. The average molecular weight is 331 g/mol. The van der Waals surface area contributed by atoms with Crippen molar-refractivity contribution in [2.75, 3.05) is 10.6 Å². The number of aromatic nitrogens is 1. The number of halogens is 1. The third-order valence-corrected chi connectivity index (χ3v) is 3.65. The molecule has 0 bridgehead atoms. The SMILES string of the molecule is O=C(Nc1cccc(F)c1)c1coc(NC(=O)c2cccs2)n1. The summed E-state index contributed by atoms with van der Waals surface area (Å²) in [5, 5.41) is 6.69. The van der Waals surface area contributed by atoms with E-state index in [1.54, 1.807) is 23.6 Å². The fourth-order valence-corrected chi connectivity index (χ4v) is 2.38. The van der Waals surface area contributed by atoms with Crippen molar-refractivity contribution in [1.82, 2.24) is 4.98 Å². The topological polar surface area (TPSA) is 84.2 Å². The Kier molecular flexibility index (Phi) is 4.15. The molecule has 116 valence electrons. The number of thiophene rings is 1. The van der Waals surface area contributed by atoms with Crippen LogP contribution in [0.25, 0.3) is 0 Å². The van der Waals surface area contributed by atoms with Crippen LogP contribution < -0.4 is 10.6 Å². The number of nitrogens with one attached hydrogen (secondary N) is 2. The molecule has 0 aliphatic rings. The molecular weight excluding hydrogens is 321 g/mol. The smallest absolute Gasteiger partial charge is 0.302 e. The summed E-state index contributed by atoms with van der Waals surface area (Å²) < 4.78 is 18.1. The summed E-state index contributed by atoms with van der Waals surface area (Å²) in [6, 6.07) is 8.77. The van der Waals surface area contributed by atoms with Crippen LogP contribution in [0.3, 0.4) is 0 Å². The Hall–Kier alpha value is -3.00. The lowest BCUT2D eigenvalue weighted by Crippen LogP contribution is -2.14. The molecule has 2 amide bonds. The molecule has 0 radical (unpaired) electrons. The first kappa shape index (κ1) is 14.9. The van der Waals surface area contributed by atoms with Gasteiger partial charge < -0.3 is 9.73 Å². The zero-order chi connectivity index (χ0) is 16.2. The standard InChI is InChI=1S/C15H10FN3O3S/c16-9-3-1-4-10(7-9)17-13(20)11-8-22-15(18-11)19-14(21)12-5-2-6-23-12/h1-8H,(H,17,20)(H,18,19,21). The van der Waals surface area contributed by atoms with Gasteiger partial charge in [-0.2, -0.15) is 4.98 Å². The van der Waals surface area contributed by atoms with Gasteiger partial charge in [0.1, 0.15) is 12.1 Å². The number of benzene rings is 1. The van der Waals surface area contributed by atoms with Gasteiger partial charge in [0.25, 0.3) is 11.8 Å². The molecule has 2 heterocycles. The molecule has 1 aromatic carbocycles. The monoisotopic (exact) mass is 331 g/mol. The Morgan fingerprint density at radius 3 is 2.74 bits per heavy atom. The quantitative estimate of drug-likeness (QED) is 0.767. The van der Waals surface area contributed by atoms with E-state index < -0.39 is 11.7 Å². The van der Waals surface area contributed by atoms with Crippen molar-refractivity contribution >= 4 is 34.9 Å². The second-order valence-electron chi connectivity index (χ2n) is 4.43. The van der Waals surface area contributed by atoms with Crippen LogP contribution in [-0.4, -0.2) is 16.8 Å². The predicted molar refractivity (Wildman–Crippen MR) is 83.1 cm³/mol. The van der Waals surface area contributed by atoms with Crippen molar-refractivity contribution < 1.29 is 18.4 Å². The van der Waals surface area contributed by atoms with Crippen LogP contribution >= 0.6 is 11.3 Å². The highest BCUT2D eigenvalue weighted by Gasteiger charge is 2.15. The summed E-state index contributed by atoms with van der Waals surface area (Å²) >= 11 is 1.27. The third-order valence-electron chi connectivity index (χ3n) is 2.78. The number of anilines is 2. The zero-order valence-corrected chi connectivity index (χ0v) is 12.4. The second kappa shape index (κ2) is 6.41. The van der Waals surface area contributed by atoms with E-state index in [2.05, 4.69) is 15.6 Å². The molecule has 3 rings (SSSR count). The first-order valence-electron chi connectivity index (χ1n) is 6.49. The van der Waals surface area contributed by atoms with Crippen LogP contribution in [-0.2, 0) is 0 Å². The van der Waals surface area contributed by atoms with E-state index in [-0.39, 0.29) is 17.6 Å². The second-order valence-corrected chi connectivity index (χ2v) is 5.38. The van der Waals surface area contributed by atoms with Crippen molar-refractivity contribution in [3.8, 4) is 0 Å². The van der Waals surface area contributed by atoms with E-state index in [0.717, 1.165) is 6.26 Å². The minimum Gasteiger partial charge on any atom is -0.431 e. The van der Waals surface area contributed by atoms with Crippen LogP contribution in [0.1, 0.15) is 20.2 Å². The van der Waals surface area contributed by atoms with Gasteiger partial charge in [0.2, 0.25) is 0 Å². The maximum atomic E-state index is 13.1. The van der Waals surface area contributed by atoms with Crippen molar-refractivity contribution in [1.29, 1.82) is 0 Å². The van der Waals surface area contributed by atoms with Gasteiger partial charge in [-0.3, -0.25) is 14.9 Å². The number of carbonyl (C=O) groups is 2.